The SMILES string of the molecule is COc1ccc(OC=C(C)C(=Nc2ccc(C)c(C)c2)Oc2cccc(OC)c2)cc1. The van der Waals surface area contributed by atoms with Gasteiger partial charge in [-0.1, -0.05) is 12.1 Å². The number of nitrogens with zero attached hydrogens (tertiary/aromatic N) is 1. The van der Waals surface area contributed by atoms with Crippen molar-refractivity contribution in [2.24, 2.45) is 4.99 Å². The molecule has 3 aromatic carbocycles. The highest BCUT2D eigenvalue weighted by molar-refractivity contribution is 5.96. The minimum absolute atomic E-state index is 0.435. The number of aryl methyl sites for hydroxylation is 2. The van der Waals surface area contributed by atoms with Crippen LogP contribution < -0.4 is 18.9 Å². The topological polar surface area (TPSA) is 49.3 Å². The highest BCUT2D eigenvalue weighted by Crippen LogP contribution is 2.24. The predicted molar refractivity (Wildman–Crippen MR) is 124 cm³/mol. The lowest BCUT2D eigenvalue weighted by atomic mass is 10.1. The van der Waals surface area contributed by atoms with Gasteiger partial charge in [0.1, 0.15) is 23.0 Å². The molecule has 3 aromatic rings. The first kappa shape index (κ1) is 22.0. The van der Waals surface area contributed by atoms with Gasteiger partial charge in [0.05, 0.1) is 26.2 Å². The van der Waals surface area contributed by atoms with Crippen molar-refractivity contribution in [1.29, 1.82) is 0 Å². The van der Waals surface area contributed by atoms with Gasteiger partial charge in [-0.2, -0.15) is 0 Å². The Hall–Kier alpha value is -3.73. The van der Waals surface area contributed by atoms with E-state index in [1.807, 2.05) is 73.7 Å². The van der Waals surface area contributed by atoms with Gasteiger partial charge in [0, 0.05) is 11.6 Å². The van der Waals surface area contributed by atoms with Gasteiger partial charge in [-0.3, -0.25) is 0 Å². The number of benzene rings is 3. The van der Waals surface area contributed by atoms with Gasteiger partial charge in [-0.05, 0) is 80.4 Å². The fraction of sp³-hybridized carbons (Fsp3) is 0.192. The molecule has 160 valence electrons. The lowest BCUT2D eigenvalue weighted by Crippen LogP contribution is -2.11. The highest BCUT2D eigenvalue weighted by Gasteiger charge is 2.09. The fourth-order valence-corrected chi connectivity index (χ4v) is 2.74. The molecule has 0 saturated heterocycles. The standard InChI is InChI=1S/C26H27NO4/c1-18-9-10-21(15-19(18)2)27-26(31-25-8-6-7-24(16-25)29-5)20(3)17-30-23-13-11-22(28-4)12-14-23/h6-17H,1-5H3. The monoisotopic (exact) mass is 417 g/mol. The minimum atomic E-state index is 0.435. The molecule has 0 aliphatic rings. The van der Waals surface area contributed by atoms with Gasteiger partial charge in [-0.15, -0.1) is 0 Å². The van der Waals surface area contributed by atoms with Crippen molar-refractivity contribution in [2.45, 2.75) is 20.8 Å². The van der Waals surface area contributed by atoms with Gasteiger partial charge < -0.3 is 18.9 Å². The lowest BCUT2D eigenvalue weighted by molar-refractivity contribution is 0.411. The van der Waals surface area contributed by atoms with E-state index in [1.54, 1.807) is 20.5 Å². The van der Waals surface area contributed by atoms with Crippen LogP contribution in [-0.4, -0.2) is 20.1 Å². The maximum atomic E-state index is 6.12. The molecule has 0 N–H and O–H groups in total. The Morgan fingerprint density at radius 3 is 2.10 bits per heavy atom. The molecule has 0 aromatic heterocycles. The van der Waals surface area contributed by atoms with Crippen LogP contribution >= 0.6 is 0 Å². The average molecular weight is 418 g/mol. The summed E-state index contributed by atoms with van der Waals surface area (Å²) in [5.41, 5.74) is 3.91. The van der Waals surface area contributed by atoms with Crippen LogP contribution in [0.3, 0.4) is 0 Å². The molecule has 3 rings (SSSR count). The maximum absolute atomic E-state index is 6.12. The third-order valence-electron chi connectivity index (χ3n) is 4.75. The first-order valence-corrected chi connectivity index (χ1v) is 9.94. The molecule has 0 saturated carbocycles. The Morgan fingerprint density at radius 2 is 1.42 bits per heavy atom. The summed E-state index contributed by atoms with van der Waals surface area (Å²) in [6.45, 7) is 6.03. The first-order chi connectivity index (χ1) is 15.0. The number of aliphatic imine (C=N–C) groups is 1. The summed E-state index contributed by atoms with van der Waals surface area (Å²) in [7, 11) is 3.25. The molecule has 0 bridgehead atoms. The molecule has 0 radical (unpaired) electrons. The van der Waals surface area contributed by atoms with Crippen LogP contribution in [0.5, 0.6) is 23.0 Å². The van der Waals surface area contributed by atoms with Crippen LogP contribution in [0.4, 0.5) is 5.69 Å². The number of methoxy groups -OCH3 is 2. The van der Waals surface area contributed by atoms with Crippen LogP contribution in [0.25, 0.3) is 0 Å². The number of hydrogen-bond acceptors (Lipinski definition) is 5. The fourth-order valence-electron chi connectivity index (χ4n) is 2.74. The van der Waals surface area contributed by atoms with E-state index in [4.69, 9.17) is 23.9 Å². The normalized spacial score (nSPS) is 11.8. The molecule has 31 heavy (non-hydrogen) atoms. The zero-order valence-electron chi connectivity index (χ0n) is 18.5. The molecule has 5 heteroatoms. The van der Waals surface area contributed by atoms with E-state index in [0.717, 1.165) is 22.6 Å². The molecule has 0 spiro atoms. The molecule has 0 amide bonds. The summed E-state index contributed by atoms with van der Waals surface area (Å²) in [6, 6.07) is 20.8. The summed E-state index contributed by atoms with van der Waals surface area (Å²) in [5.74, 6) is 3.22. The zero-order chi connectivity index (χ0) is 22.2. The highest BCUT2D eigenvalue weighted by atomic mass is 16.5. The van der Waals surface area contributed by atoms with Crippen LogP contribution in [-0.2, 0) is 0 Å². The first-order valence-electron chi connectivity index (χ1n) is 9.94. The molecule has 0 aliphatic heterocycles. The molecule has 0 unspecified atom stereocenters. The summed E-state index contributed by atoms with van der Waals surface area (Å²) < 4.78 is 22.4. The Balaban J connectivity index is 1.90. The van der Waals surface area contributed by atoms with Crippen molar-refractivity contribution < 1.29 is 18.9 Å². The summed E-state index contributed by atoms with van der Waals surface area (Å²) in [5, 5.41) is 0. The lowest BCUT2D eigenvalue weighted by Gasteiger charge is -2.12. The van der Waals surface area contributed by atoms with Gasteiger partial charge in [0.25, 0.3) is 0 Å². The second-order valence-corrected chi connectivity index (χ2v) is 7.06. The van der Waals surface area contributed by atoms with E-state index in [9.17, 15) is 0 Å². The third kappa shape index (κ3) is 6.12. The van der Waals surface area contributed by atoms with Crippen LogP contribution in [0.1, 0.15) is 18.1 Å². The van der Waals surface area contributed by atoms with Crippen molar-refractivity contribution in [3.8, 4) is 23.0 Å². The molecule has 5 nitrogen and oxygen atoms in total. The van der Waals surface area contributed by atoms with Gasteiger partial charge in [-0.25, -0.2) is 4.99 Å². The predicted octanol–water partition coefficient (Wildman–Crippen LogP) is 6.41. The Labute approximate surface area is 183 Å². The summed E-state index contributed by atoms with van der Waals surface area (Å²) in [4.78, 5) is 4.74. The summed E-state index contributed by atoms with van der Waals surface area (Å²) >= 11 is 0. The van der Waals surface area contributed by atoms with E-state index in [0.29, 0.717) is 23.1 Å². The van der Waals surface area contributed by atoms with Gasteiger partial charge in [0.15, 0.2) is 0 Å². The summed E-state index contributed by atoms with van der Waals surface area (Å²) in [6.07, 6.45) is 1.63. The van der Waals surface area contributed by atoms with Crippen LogP contribution in [0, 0.1) is 13.8 Å². The van der Waals surface area contributed by atoms with E-state index >= 15 is 0 Å². The van der Waals surface area contributed by atoms with Crippen LogP contribution in [0.15, 0.2) is 83.6 Å². The molecular formula is C26H27NO4. The second kappa shape index (κ2) is 10.3. The number of ether oxygens (including phenoxy) is 4. The van der Waals surface area contributed by atoms with Gasteiger partial charge in [0.2, 0.25) is 5.90 Å². The number of hydrogen-bond donors (Lipinski definition) is 0. The van der Waals surface area contributed by atoms with Crippen molar-refractivity contribution in [3.05, 3.63) is 89.7 Å². The zero-order valence-corrected chi connectivity index (χ0v) is 18.5. The minimum Gasteiger partial charge on any atom is -0.497 e. The molecule has 0 fully saturated rings. The largest absolute Gasteiger partial charge is 0.497 e. The molecule has 0 heterocycles. The van der Waals surface area contributed by atoms with Gasteiger partial charge >= 0.3 is 0 Å². The van der Waals surface area contributed by atoms with E-state index in [-0.39, 0.29) is 0 Å². The van der Waals surface area contributed by atoms with E-state index in [1.165, 1.54) is 5.56 Å². The smallest absolute Gasteiger partial charge is 0.225 e. The molecule has 0 aliphatic carbocycles. The van der Waals surface area contributed by atoms with Crippen molar-refractivity contribution in [2.75, 3.05) is 14.2 Å². The molecular weight excluding hydrogens is 390 g/mol. The number of rotatable bonds is 7. The van der Waals surface area contributed by atoms with Crippen molar-refractivity contribution >= 4 is 11.6 Å². The Kier molecular flexibility index (Phi) is 7.33. The Morgan fingerprint density at radius 1 is 0.742 bits per heavy atom. The molecule has 0 atom stereocenters. The van der Waals surface area contributed by atoms with E-state index < -0.39 is 0 Å². The average Bonchev–Trinajstić information content (AvgIpc) is 2.80. The third-order valence-corrected chi connectivity index (χ3v) is 4.75. The second-order valence-electron chi connectivity index (χ2n) is 7.06. The maximum Gasteiger partial charge on any atom is 0.225 e. The quantitative estimate of drug-likeness (QED) is 0.253. The van der Waals surface area contributed by atoms with Crippen molar-refractivity contribution in [1.82, 2.24) is 0 Å². The van der Waals surface area contributed by atoms with Crippen LogP contribution in [0.2, 0.25) is 0 Å². The van der Waals surface area contributed by atoms with Crippen molar-refractivity contribution in [3.63, 3.8) is 0 Å². The Bertz CT molecular complexity index is 1080. The van der Waals surface area contributed by atoms with E-state index in [2.05, 4.69) is 13.8 Å².